The van der Waals surface area contributed by atoms with Crippen LogP contribution in [0.3, 0.4) is 0 Å². The van der Waals surface area contributed by atoms with Crippen LogP contribution in [0.5, 0.6) is 11.5 Å². The molecular weight excluding hydrogens is 356 g/mol. The molecule has 2 rings (SSSR count). The van der Waals surface area contributed by atoms with Gasteiger partial charge >= 0.3 is 0 Å². The van der Waals surface area contributed by atoms with Crippen LogP contribution < -0.4 is 10.5 Å². The molecule has 21 heavy (non-hydrogen) atoms. The molecule has 0 aliphatic heterocycles. The first-order chi connectivity index (χ1) is 10.0. The molecule has 0 radical (unpaired) electrons. The van der Waals surface area contributed by atoms with Crippen molar-refractivity contribution in [2.24, 2.45) is 10.9 Å². The summed E-state index contributed by atoms with van der Waals surface area (Å²) in [4.78, 5) is 0. The van der Waals surface area contributed by atoms with Crippen LogP contribution in [0.15, 0.2) is 46.0 Å². The Balaban J connectivity index is 2.26. The number of oxime groups is 1. The van der Waals surface area contributed by atoms with Gasteiger partial charge in [0, 0.05) is 15.1 Å². The second kappa shape index (κ2) is 6.83. The van der Waals surface area contributed by atoms with Crippen LogP contribution in [0.1, 0.15) is 18.1 Å². The zero-order chi connectivity index (χ0) is 15.4. The third-order valence-corrected chi connectivity index (χ3v) is 3.98. The zero-order valence-corrected chi connectivity index (χ0v) is 13.6. The van der Waals surface area contributed by atoms with Gasteiger partial charge in [0.2, 0.25) is 0 Å². The van der Waals surface area contributed by atoms with Gasteiger partial charge in [-0.25, -0.2) is 0 Å². The number of hydrogen-bond donors (Lipinski definition) is 2. The Morgan fingerprint density at radius 1 is 1.29 bits per heavy atom. The van der Waals surface area contributed by atoms with Crippen LogP contribution in [0.2, 0.25) is 5.02 Å². The van der Waals surface area contributed by atoms with Crippen LogP contribution in [0.25, 0.3) is 0 Å². The molecule has 6 heteroatoms. The van der Waals surface area contributed by atoms with Crippen LogP contribution >= 0.6 is 27.5 Å². The normalized spacial score (nSPS) is 11.5. The molecule has 4 nitrogen and oxygen atoms in total. The lowest BCUT2D eigenvalue weighted by Gasteiger charge is -2.10. The predicted octanol–water partition coefficient (Wildman–Crippen LogP) is 4.55. The van der Waals surface area contributed by atoms with E-state index in [1.807, 2.05) is 25.1 Å². The predicted molar refractivity (Wildman–Crippen MR) is 87.6 cm³/mol. The Hall–Kier alpha value is -1.72. The number of hydrogen-bond acceptors (Lipinski definition) is 3. The molecule has 0 unspecified atom stereocenters. The van der Waals surface area contributed by atoms with Crippen molar-refractivity contribution in [3.63, 3.8) is 0 Å². The molecule has 0 fully saturated rings. The van der Waals surface area contributed by atoms with E-state index in [9.17, 15) is 0 Å². The van der Waals surface area contributed by atoms with E-state index >= 15 is 0 Å². The van der Waals surface area contributed by atoms with Crippen LogP contribution in [0, 0.1) is 0 Å². The first kappa shape index (κ1) is 15.7. The van der Waals surface area contributed by atoms with Gasteiger partial charge in [-0.2, -0.15) is 0 Å². The summed E-state index contributed by atoms with van der Waals surface area (Å²) in [6.45, 7) is 2.04. The van der Waals surface area contributed by atoms with E-state index in [-0.39, 0.29) is 5.84 Å². The van der Waals surface area contributed by atoms with Crippen LogP contribution in [-0.2, 0) is 6.42 Å². The minimum Gasteiger partial charge on any atom is -0.457 e. The smallest absolute Gasteiger partial charge is 0.171 e. The maximum atomic E-state index is 8.70. The van der Waals surface area contributed by atoms with E-state index in [2.05, 4.69) is 21.1 Å². The minimum atomic E-state index is 0.0354. The lowest BCUT2D eigenvalue weighted by atomic mass is 10.1. The van der Waals surface area contributed by atoms with Gasteiger partial charge in [0.25, 0.3) is 0 Å². The molecule has 2 aromatic carbocycles. The number of halogens is 2. The van der Waals surface area contributed by atoms with E-state index in [4.69, 9.17) is 27.3 Å². The summed E-state index contributed by atoms with van der Waals surface area (Å²) >= 11 is 9.45. The monoisotopic (exact) mass is 368 g/mol. The lowest BCUT2D eigenvalue weighted by Crippen LogP contribution is -2.13. The topological polar surface area (TPSA) is 67.8 Å². The molecule has 0 aromatic heterocycles. The molecule has 0 aliphatic rings. The van der Waals surface area contributed by atoms with Crippen molar-refractivity contribution in [3.05, 3.63) is 57.0 Å². The summed E-state index contributed by atoms with van der Waals surface area (Å²) in [5, 5.41) is 12.4. The molecule has 0 atom stereocenters. The third-order valence-electron chi connectivity index (χ3n) is 2.96. The van der Waals surface area contributed by atoms with Crippen molar-refractivity contribution >= 4 is 33.4 Å². The molecule has 0 saturated carbocycles. The van der Waals surface area contributed by atoms with E-state index in [1.54, 1.807) is 18.2 Å². The minimum absolute atomic E-state index is 0.0354. The average Bonchev–Trinajstić information content (AvgIpc) is 2.48. The Bertz CT molecular complexity index is 689. The van der Waals surface area contributed by atoms with Crippen molar-refractivity contribution in [1.29, 1.82) is 0 Å². The van der Waals surface area contributed by atoms with Gasteiger partial charge in [-0.3, -0.25) is 0 Å². The summed E-state index contributed by atoms with van der Waals surface area (Å²) in [6, 6.07) is 10.8. The molecule has 0 spiro atoms. The summed E-state index contributed by atoms with van der Waals surface area (Å²) < 4.78 is 6.47. The summed E-state index contributed by atoms with van der Waals surface area (Å²) in [5.41, 5.74) is 7.19. The Kier molecular flexibility index (Phi) is 5.09. The van der Waals surface area contributed by atoms with Crippen molar-refractivity contribution in [2.75, 3.05) is 0 Å². The third kappa shape index (κ3) is 3.68. The van der Waals surface area contributed by atoms with Crippen LogP contribution in [0.4, 0.5) is 0 Å². The largest absolute Gasteiger partial charge is 0.457 e. The van der Waals surface area contributed by atoms with Gasteiger partial charge < -0.3 is 15.7 Å². The molecule has 2 aromatic rings. The molecule has 0 amide bonds. The number of benzene rings is 2. The molecule has 0 saturated heterocycles. The van der Waals surface area contributed by atoms with Crippen molar-refractivity contribution in [1.82, 2.24) is 0 Å². The van der Waals surface area contributed by atoms with E-state index in [1.165, 1.54) is 0 Å². The second-order valence-corrected chi connectivity index (χ2v) is 5.60. The van der Waals surface area contributed by atoms with E-state index in [0.717, 1.165) is 17.0 Å². The fraction of sp³-hybridized carbons (Fsp3) is 0.133. The van der Waals surface area contributed by atoms with Gasteiger partial charge in [-0.1, -0.05) is 23.7 Å². The number of aryl methyl sites for hydroxylation is 1. The number of ether oxygens (including phenoxy) is 1. The summed E-state index contributed by atoms with van der Waals surface area (Å²) in [7, 11) is 0. The Morgan fingerprint density at radius 2 is 1.95 bits per heavy atom. The van der Waals surface area contributed by atoms with E-state index in [0.29, 0.717) is 21.5 Å². The fourth-order valence-electron chi connectivity index (χ4n) is 1.84. The molecule has 0 bridgehead atoms. The number of amidine groups is 1. The lowest BCUT2D eigenvalue weighted by molar-refractivity contribution is 0.318. The van der Waals surface area contributed by atoms with Gasteiger partial charge in [-0.05, 0) is 64.3 Å². The van der Waals surface area contributed by atoms with Crippen LogP contribution in [-0.4, -0.2) is 11.0 Å². The number of rotatable bonds is 4. The van der Waals surface area contributed by atoms with Gasteiger partial charge in [0.1, 0.15) is 11.5 Å². The highest BCUT2D eigenvalue weighted by Gasteiger charge is 2.08. The molecule has 0 aliphatic carbocycles. The Labute approximate surface area is 136 Å². The quantitative estimate of drug-likeness (QED) is 0.359. The van der Waals surface area contributed by atoms with E-state index < -0.39 is 0 Å². The highest BCUT2D eigenvalue weighted by Crippen LogP contribution is 2.29. The standard InChI is InChI=1S/C15H14BrClN2O2/c1-2-9-7-10(4-6-14(9)17)21-11-3-5-12(13(16)8-11)15(18)19-20/h3-8,20H,2H2,1H3,(H2,18,19). The molecular formula is C15H14BrClN2O2. The van der Waals surface area contributed by atoms with Gasteiger partial charge in [0.05, 0.1) is 0 Å². The highest BCUT2D eigenvalue weighted by atomic mass is 79.9. The Morgan fingerprint density at radius 3 is 2.57 bits per heavy atom. The maximum absolute atomic E-state index is 8.70. The molecule has 110 valence electrons. The van der Waals surface area contributed by atoms with Gasteiger partial charge in [0.15, 0.2) is 5.84 Å². The highest BCUT2D eigenvalue weighted by molar-refractivity contribution is 9.10. The first-order valence-electron chi connectivity index (χ1n) is 6.29. The molecule has 0 heterocycles. The SMILES string of the molecule is CCc1cc(Oc2ccc(/C(N)=N/O)c(Br)c2)ccc1Cl. The van der Waals surface area contributed by atoms with Crippen molar-refractivity contribution < 1.29 is 9.94 Å². The second-order valence-electron chi connectivity index (χ2n) is 4.34. The number of nitrogens with two attached hydrogens (primary N) is 1. The van der Waals surface area contributed by atoms with Crippen molar-refractivity contribution in [2.45, 2.75) is 13.3 Å². The maximum Gasteiger partial charge on any atom is 0.171 e. The zero-order valence-electron chi connectivity index (χ0n) is 11.3. The first-order valence-corrected chi connectivity index (χ1v) is 7.46. The molecule has 3 N–H and O–H groups in total. The summed E-state index contributed by atoms with van der Waals surface area (Å²) in [5.74, 6) is 1.38. The number of nitrogens with zero attached hydrogens (tertiary/aromatic N) is 1. The fourth-order valence-corrected chi connectivity index (χ4v) is 2.65. The average molecular weight is 370 g/mol. The van der Waals surface area contributed by atoms with Crippen molar-refractivity contribution in [3.8, 4) is 11.5 Å². The summed E-state index contributed by atoms with van der Waals surface area (Å²) in [6.07, 6.45) is 0.835. The van der Waals surface area contributed by atoms with Gasteiger partial charge in [-0.15, -0.1) is 0 Å².